The molecule has 0 saturated carbocycles. The molecule has 0 bridgehead atoms. The van der Waals surface area contributed by atoms with Gasteiger partial charge in [0, 0.05) is 5.38 Å². The van der Waals surface area contributed by atoms with Gasteiger partial charge in [-0.3, -0.25) is 10.2 Å². The molecule has 2 rings (SSSR count). The van der Waals surface area contributed by atoms with Crippen LogP contribution in [0.25, 0.3) is 0 Å². The molecule has 1 heterocycles. The molecule has 8 heteroatoms. The lowest BCUT2D eigenvalue weighted by molar-refractivity contribution is 0.0953. The van der Waals surface area contributed by atoms with Crippen molar-refractivity contribution in [2.75, 3.05) is 0 Å². The Morgan fingerprint density at radius 2 is 2.11 bits per heavy atom. The summed E-state index contributed by atoms with van der Waals surface area (Å²) >= 11 is 13.1. The van der Waals surface area contributed by atoms with Crippen LogP contribution in [0, 0.1) is 0 Å². The number of benzene rings is 1. The maximum Gasteiger partial charge on any atom is 0.294 e. The Kier molecular flexibility index (Phi) is 4.60. The smallest absolute Gasteiger partial charge is 0.294 e. The second-order valence-electron chi connectivity index (χ2n) is 3.46. The standard InChI is InChI=1S/C11H9Cl2N3O2S/c12-7-2-1-3-8(13)9(7)18-4-6-5-19-11(15-6)10(17)16-14/h1-3,5H,4,14H2,(H,16,17). The van der Waals surface area contributed by atoms with E-state index in [1.54, 1.807) is 23.6 Å². The summed E-state index contributed by atoms with van der Waals surface area (Å²) in [5.41, 5.74) is 2.61. The van der Waals surface area contributed by atoms with Gasteiger partial charge in [0.25, 0.3) is 5.91 Å². The zero-order valence-corrected chi connectivity index (χ0v) is 11.9. The first kappa shape index (κ1) is 14.1. The van der Waals surface area contributed by atoms with Gasteiger partial charge in [-0.2, -0.15) is 0 Å². The van der Waals surface area contributed by atoms with Gasteiger partial charge >= 0.3 is 0 Å². The van der Waals surface area contributed by atoms with E-state index < -0.39 is 5.91 Å². The Hall–Kier alpha value is -1.34. The third kappa shape index (κ3) is 3.36. The molecule has 5 nitrogen and oxygen atoms in total. The van der Waals surface area contributed by atoms with Crippen molar-refractivity contribution in [1.82, 2.24) is 10.4 Å². The number of para-hydroxylation sites is 1. The van der Waals surface area contributed by atoms with Gasteiger partial charge in [0.15, 0.2) is 10.8 Å². The lowest BCUT2D eigenvalue weighted by atomic mass is 10.3. The summed E-state index contributed by atoms with van der Waals surface area (Å²) in [5, 5.41) is 2.81. The van der Waals surface area contributed by atoms with E-state index in [1.165, 1.54) is 11.3 Å². The predicted molar refractivity (Wildman–Crippen MR) is 74.6 cm³/mol. The molecule has 0 atom stereocenters. The van der Waals surface area contributed by atoms with E-state index >= 15 is 0 Å². The fraction of sp³-hybridized carbons (Fsp3) is 0.0909. The van der Waals surface area contributed by atoms with Crippen molar-refractivity contribution in [2.45, 2.75) is 6.61 Å². The fourth-order valence-electron chi connectivity index (χ4n) is 1.31. The Morgan fingerprint density at radius 1 is 1.42 bits per heavy atom. The Labute approximate surface area is 123 Å². The Morgan fingerprint density at radius 3 is 2.74 bits per heavy atom. The van der Waals surface area contributed by atoms with E-state index in [-0.39, 0.29) is 11.6 Å². The minimum absolute atomic E-state index is 0.164. The number of carbonyl (C=O) groups is 1. The van der Waals surface area contributed by atoms with E-state index in [0.717, 1.165) is 0 Å². The molecule has 2 aromatic rings. The van der Waals surface area contributed by atoms with Gasteiger partial charge in [0.05, 0.1) is 15.7 Å². The molecule has 1 aromatic carbocycles. The molecule has 0 radical (unpaired) electrons. The number of hydrogen-bond acceptors (Lipinski definition) is 5. The topological polar surface area (TPSA) is 77.2 Å². The van der Waals surface area contributed by atoms with Gasteiger partial charge in [0.1, 0.15) is 6.61 Å². The highest BCUT2D eigenvalue weighted by Gasteiger charge is 2.11. The third-order valence-corrected chi connectivity index (χ3v) is 3.65. The number of hydrogen-bond donors (Lipinski definition) is 2. The number of aromatic nitrogens is 1. The Balaban J connectivity index is 2.07. The van der Waals surface area contributed by atoms with Crippen LogP contribution >= 0.6 is 34.5 Å². The molecule has 0 unspecified atom stereocenters. The molecule has 0 aliphatic heterocycles. The van der Waals surface area contributed by atoms with Gasteiger partial charge < -0.3 is 4.74 Å². The fourth-order valence-corrected chi connectivity index (χ4v) is 2.52. The molecule has 0 aliphatic rings. The molecular formula is C11H9Cl2N3O2S. The van der Waals surface area contributed by atoms with Gasteiger partial charge in [-0.25, -0.2) is 10.8 Å². The molecule has 1 amide bonds. The lowest BCUT2D eigenvalue weighted by Gasteiger charge is -2.07. The van der Waals surface area contributed by atoms with Gasteiger partial charge in [-0.15, -0.1) is 11.3 Å². The number of nitrogens with two attached hydrogens (primary N) is 1. The zero-order valence-electron chi connectivity index (χ0n) is 9.52. The highest BCUT2D eigenvalue weighted by Crippen LogP contribution is 2.32. The van der Waals surface area contributed by atoms with Crippen molar-refractivity contribution in [2.24, 2.45) is 5.84 Å². The number of halogens is 2. The third-order valence-electron chi connectivity index (χ3n) is 2.16. The minimum Gasteiger partial charge on any atom is -0.484 e. The number of thiazole rings is 1. The molecule has 100 valence electrons. The number of nitrogen functional groups attached to an aromatic ring is 1. The highest BCUT2D eigenvalue weighted by molar-refractivity contribution is 7.11. The van der Waals surface area contributed by atoms with E-state index in [9.17, 15) is 4.79 Å². The average Bonchev–Trinajstić information content (AvgIpc) is 2.86. The largest absolute Gasteiger partial charge is 0.484 e. The van der Waals surface area contributed by atoms with Crippen molar-refractivity contribution in [3.05, 3.63) is 44.3 Å². The molecule has 1 aromatic heterocycles. The van der Waals surface area contributed by atoms with Crippen LogP contribution in [-0.4, -0.2) is 10.9 Å². The van der Waals surface area contributed by atoms with Crippen molar-refractivity contribution >= 4 is 40.4 Å². The van der Waals surface area contributed by atoms with Crippen LogP contribution in [0.4, 0.5) is 0 Å². The normalized spacial score (nSPS) is 10.3. The summed E-state index contributed by atoms with van der Waals surface area (Å²) < 4.78 is 5.50. The molecule has 19 heavy (non-hydrogen) atoms. The van der Waals surface area contributed by atoms with Crippen molar-refractivity contribution in [3.8, 4) is 5.75 Å². The minimum atomic E-state index is -0.438. The van der Waals surface area contributed by atoms with Crippen molar-refractivity contribution in [3.63, 3.8) is 0 Å². The maximum absolute atomic E-state index is 11.2. The SMILES string of the molecule is NNC(=O)c1nc(COc2c(Cl)cccc2Cl)cs1. The monoisotopic (exact) mass is 317 g/mol. The summed E-state index contributed by atoms with van der Waals surface area (Å²) in [5.74, 6) is 4.97. The van der Waals surface area contributed by atoms with Crippen LogP contribution in [0.5, 0.6) is 5.75 Å². The Bertz CT molecular complexity index is 583. The van der Waals surface area contributed by atoms with Crippen LogP contribution in [0.2, 0.25) is 10.0 Å². The van der Waals surface area contributed by atoms with Crippen LogP contribution in [-0.2, 0) is 6.61 Å². The van der Waals surface area contributed by atoms with Crippen molar-refractivity contribution < 1.29 is 9.53 Å². The highest BCUT2D eigenvalue weighted by atomic mass is 35.5. The zero-order chi connectivity index (χ0) is 13.8. The van der Waals surface area contributed by atoms with Crippen molar-refractivity contribution in [1.29, 1.82) is 0 Å². The van der Waals surface area contributed by atoms with E-state index in [2.05, 4.69) is 4.98 Å². The molecule has 0 spiro atoms. The number of amides is 1. The number of carbonyl (C=O) groups excluding carboxylic acids is 1. The van der Waals surface area contributed by atoms with E-state index in [1.807, 2.05) is 5.43 Å². The van der Waals surface area contributed by atoms with Crippen LogP contribution < -0.4 is 16.0 Å². The van der Waals surface area contributed by atoms with Gasteiger partial charge in [-0.05, 0) is 12.1 Å². The van der Waals surface area contributed by atoms with E-state index in [0.29, 0.717) is 21.5 Å². The van der Waals surface area contributed by atoms with Crippen LogP contribution in [0.1, 0.15) is 15.5 Å². The molecule has 0 aliphatic carbocycles. The summed E-state index contributed by atoms with van der Waals surface area (Å²) in [7, 11) is 0. The van der Waals surface area contributed by atoms with Crippen LogP contribution in [0.15, 0.2) is 23.6 Å². The molecular weight excluding hydrogens is 309 g/mol. The molecule has 0 fully saturated rings. The summed E-state index contributed by atoms with van der Waals surface area (Å²) in [4.78, 5) is 15.3. The number of nitrogens with zero attached hydrogens (tertiary/aromatic N) is 1. The van der Waals surface area contributed by atoms with Gasteiger partial charge in [-0.1, -0.05) is 29.3 Å². The average molecular weight is 318 g/mol. The first-order chi connectivity index (χ1) is 9.11. The predicted octanol–water partition coefficient (Wildman–Crippen LogP) is 2.63. The van der Waals surface area contributed by atoms with E-state index in [4.69, 9.17) is 33.8 Å². The number of nitrogens with one attached hydrogen (secondary N) is 1. The second-order valence-corrected chi connectivity index (χ2v) is 5.13. The number of ether oxygens (including phenoxy) is 1. The first-order valence-electron chi connectivity index (χ1n) is 5.14. The number of hydrazine groups is 1. The first-order valence-corrected chi connectivity index (χ1v) is 6.77. The number of rotatable bonds is 4. The lowest BCUT2D eigenvalue weighted by Crippen LogP contribution is -2.29. The summed E-state index contributed by atoms with van der Waals surface area (Å²) in [6, 6.07) is 5.08. The van der Waals surface area contributed by atoms with Gasteiger partial charge in [0.2, 0.25) is 0 Å². The summed E-state index contributed by atoms with van der Waals surface area (Å²) in [6.45, 7) is 0.164. The maximum atomic E-state index is 11.2. The molecule has 0 saturated heterocycles. The quantitative estimate of drug-likeness (QED) is 0.516. The van der Waals surface area contributed by atoms with Crippen LogP contribution in [0.3, 0.4) is 0 Å². The summed E-state index contributed by atoms with van der Waals surface area (Å²) in [6.07, 6.45) is 0. The second kappa shape index (κ2) is 6.21. The molecule has 3 N–H and O–H groups in total.